The molecule has 0 saturated heterocycles. The van der Waals surface area contributed by atoms with Crippen LogP contribution in [0.2, 0.25) is 10.0 Å². The van der Waals surface area contributed by atoms with Gasteiger partial charge in [-0.15, -0.1) is 0 Å². The molecule has 1 heterocycles. The Labute approximate surface area is 155 Å². The van der Waals surface area contributed by atoms with Gasteiger partial charge in [0.15, 0.2) is 18.5 Å². The highest BCUT2D eigenvalue weighted by Gasteiger charge is 2.18. The first-order valence-electron chi connectivity index (χ1n) is 7.37. The lowest BCUT2D eigenvalue weighted by Crippen LogP contribution is -2.30. The van der Waals surface area contributed by atoms with E-state index < -0.39 is 24.6 Å². The quantitative estimate of drug-likeness (QED) is 0.771. The van der Waals surface area contributed by atoms with Crippen molar-refractivity contribution in [3.63, 3.8) is 0 Å². The summed E-state index contributed by atoms with van der Waals surface area (Å²) in [4.78, 5) is 27.8. The van der Waals surface area contributed by atoms with E-state index in [2.05, 4.69) is 10.3 Å². The van der Waals surface area contributed by atoms with Crippen LogP contribution in [0.15, 0.2) is 36.4 Å². The first-order valence-corrected chi connectivity index (χ1v) is 8.13. The van der Waals surface area contributed by atoms with Crippen molar-refractivity contribution in [1.29, 1.82) is 0 Å². The molecule has 2 rings (SSSR count). The number of halogens is 2. The maximum Gasteiger partial charge on any atom is 0.347 e. The minimum Gasteiger partial charge on any atom is -0.479 e. The van der Waals surface area contributed by atoms with Crippen molar-refractivity contribution in [2.45, 2.75) is 20.0 Å². The van der Waals surface area contributed by atoms with E-state index in [1.807, 2.05) is 6.07 Å². The van der Waals surface area contributed by atoms with E-state index in [-0.39, 0.29) is 10.8 Å². The van der Waals surface area contributed by atoms with Gasteiger partial charge in [0.1, 0.15) is 5.75 Å². The van der Waals surface area contributed by atoms with Crippen molar-refractivity contribution in [1.82, 2.24) is 4.98 Å². The van der Waals surface area contributed by atoms with Crippen LogP contribution in [-0.2, 0) is 14.3 Å². The summed E-state index contributed by atoms with van der Waals surface area (Å²) in [7, 11) is 0. The first kappa shape index (κ1) is 19.0. The molecule has 0 bridgehead atoms. The van der Waals surface area contributed by atoms with E-state index in [1.165, 1.54) is 13.0 Å². The SMILES string of the molecule is Cc1nc(NC(=O)COC(=O)[C@H](C)Oc2ccccc2)c(Cl)cc1Cl. The van der Waals surface area contributed by atoms with E-state index >= 15 is 0 Å². The van der Waals surface area contributed by atoms with Crippen LogP contribution in [0, 0.1) is 6.92 Å². The number of hydrogen-bond acceptors (Lipinski definition) is 5. The standard InChI is InChI=1S/C17H16Cl2N2O4/c1-10-13(18)8-14(19)16(20-10)21-15(22)9-24-17(23)11(2)25-12-6-4-3-5-7-12/h3-8,11H,9H2,1-2H3,(H,20,21,22)/t11-/m0/s1. The zero-order valence-corrected chi connectivity index (χ0v) is 15.1. The van der Waals surface area contributed by atoms with Crippen LogP contribution in [0.1, 0.15) is 12.6 Å². The normalized spacial score (nSPS) is 11.5. The van der Waals surface area contributed by atoms with Gasteiger partial charge in [-0.2, -0.15) is 0 Å². The second-order valence-electron chi connectivity index (χ2n) is 5.12. The molecule has 0 radical (unpaired) electrons. The maximum atomic E-state index is 11.9. The van der Waals surface area contributed by atoms with Crippen molar-refractivity contribution in [2.75, 3.05) is 11.9 Å². The first-order chi connectivity index (χ1) is 11.9. The molecule has 0 unspecified atom stereocenters. The molecule has 1 N–H and O–H groups in total. The van der Waals surface area contributed by atoms with Gasteiger partial charge in [-0.25, -0.2) is 9.78 Å². The molecule has 0 aliphatic rings. The Kier molecular flexibility index (Phi) is 6.61. The van der Waals surface area contributed by atoms with E-state index in [0.717, 1.165) is 0 Å². The third kappa shape index (κ3) is 5.62. The summed E-state index contributed by atoms with van der Waals surface area (Å²) in [5.41, 5.74) is 0.517. The van der Waals surface area contributed by atoms with Crippen molar-refractivity contribution in [3.05, 3.63) is 52.1 Å². The molecule has 25 heavy (non-hydrogen) atoms. The van der Waals surface area contributed by atoms with Gasteiger partial charge in [-0.05, 0) is 32.0 Å². The molecule has 8 heteroatoms. The Hall–Kier alpha value is -2.31. The van der Waals surface area contributed by atoms with Crippen molar-refractivity contribution in [3.8, 4) is 5.75 Å². The zero-order valence-electron chi connectivity index (χ0n) is 13.6. The number of amides is 1. The summed E-state index contributed by atoms with van der Waals surface area (Å²) in [6.45, 7) is 2.73. The minimum atomic E-state index is -0.852. The van der Waals surface area contributed by atoms with Crippen molar-refractivity contribution >= 4 is 40.9 Å². The van der Waals surface area contributed by atoms with E-state index in [9.17, 15) is 9.59 Å². The zero-order chi connectivity index (χ0) is 18.4. The molecule has 0 saturated carbocycles. The molecule has 6 nitrogen and oxygen atoms in total. The fraction of sp³-hybridized carbons (Fsp3) is 0.235. The average molecular weight is 383 g/mol. The molecule has 1 aromatic heterocycles. The number of aryl methyl sites for hydroxylation is 1. The molecule has 2 aromatic rings. The number of benzene rings is 1. The van der Waals surface area contributed by atoms with Crippen LogP contribution in [0.4, 0.5) is 5.82 Å². The monoisotopic (exact) mass is 382 g/mol. The van der Waals surface area contributed by atoms with E-state index in [4.69, 9.17) is 32.7 Å². The van der Waals surface area contributed by atoms with Crippen LogP contribution < -0.4 is 10.1 Å². The Morgan fingerprint density at radius 1 is 1.20 bits per heavy atom. The molecule has 0 aliphatic carbocycles. The molecule has 132 valence electrons. The number of rotatable bonds is 6. The van der Waals surface area contributed by atoms with Gasteiger partial charge in [0, 0.05) is 0 Å². The van der Waals surface area contributed by atoms with Gasteiger partial charge in [-0.3, -0.25) is 4.79 Å². The number of hydrogen-bond donors (Lipinski definition) is 1. The number of ether oxygens (including phenoxy) is 2. The van der Waals surface area contributed by atoms with Crippen LogP contribution in [0.25, 0.3) is 0 Å². The van der Waals surface area contributed by atoms with Crippen LogP contribution in [0.5, 0.6) is 5.75 Å². The largest absolute Gasteiger partial charge is 0.479 e. The molecule has 1 atom stereocenters. The number of esters is 1. The van der Waals surface area contributed by atoms with Gasteiger partial charge in [-0.1, -0.05) is 41.4 Å². The number of aromatic nitrogens is 1. The lowest BCUT2D eigenvalue weighted by atomic mass is 10.3. The lowest BCUT2D eigenvalue weighted by molar-refractivity contribution is -0.153. The molecule has 0 spiro atoms. The number of nitrogens with zero attached hydrogens (tertiary/aromatic N) is 1. The maximum absolute atomic E-state index is 11.9. The Morgan fingerprint density at radius 2 is 1.88 bits per heavy atom. The topological polar surface area (TPSA) is 77.5 Å². The third-order valence-corrected chi connectivity index (χ3v) is 3.77. The summed E-state index contributed by atoms with van der Waals surface area (Å²) in [6.07, 6.45) is -0.852. The Bertz CT molecular complexity index is 769. The van der Waals surface area contributed by atoms with Gasteiger partial charge < -0.3 is 14.8 Å². The highest BCUT2D eigenvalue weighted by molar-refractivity contribution is 6.36. The van der Waals surface area contributed by atoms with Crippen molar-refractivity contribution in [2.24, 2.45) is 0 Å². The molecule has 0 fully saturated rings. The molecule has 0 aliphatic heterocycles. The predicted molar refractivity (Wildman–Crippen MR) is 95.1 cm³/mol. The number of anilines is 1. The number of carbonyl (C=O) groups is 2. The van der Waals surface area contributed by atoms with Crippen LogP contribution >= 0.6 is 23.2 Å². The fourth-order valence-corrected chi connectivity index (χ4v) is 2.23. The molecular weight excluding hydrogens is 367 g/mol. The second-order valence-corrected chi connectivity index (χ2v) is 5.93. The molecule has 1 aromatic carbocycles. The summed E-state index contributed by atoms with van der Waals surface area (Å²) < 4.78 is 10.4. The molecular formula is C17H16Cl2N2O4. The number of para-hydroxylation sites is 1. The van der Waals surface area contributed by atoms with Crippen molar-refractivity contribution < 1.29 is 19.1 Å². The summed E-state index contributed by atoms with van der Waals surface area (Å²) >= 11 is 11.8. The predicted octanol–water partition coefficient (Wildman–Crippen LogP) is 3.65. The lowest BCUT2D eigenvalue weighted by Gasteiger charge is -2.14. The van der Waals surface area contributed by atoms with Gasteiger partial charge in [0.2, 0.25) is 0 Å². The smallest absolute Gasteiger partial charge is 0.347 e. The summed E-state index contributed by atoms with van der Waals surface area (Å²) in [6, 6.07) is 10.3. The minimum absolute atomic E-state index is 0.151. The van der Waals surface area contributed by atoms with Gasteiger partial charge in [0.25, 0.3) is 5.91 Å². The number of nitrogens with one attached hydrogen (secondary N) is 1. The highest BCUT2D eigenvalue weighted by Crippen LogP contribution is 2.25. The summed E-state index contributed by atoms with van der Waals surface area (Å²) in [5.74, 6) is -0.552. The Balaban J connectivity index is 1.85. The number of pyridine rings is 1. The van der Waals surface area contributed by atoms with Crippen LogP contribution in [0.3, 0.4) is 0 Å². The third-order valence-electron chi connectivity index (χ3n) is 3.10. The Morgan fingerprint density at radius 3 is 2.56 bits per heavy atom. The summed E-state index contributed by atoms with van der Waals surface area (Å²) in [5, 5.41) is 3.04. The van der Waals surface area contributed by atoms with Crippen LogP contribution in [-0.4, -0.2) is 29.6 Å². The van der Waals surface area contributed by atoms with E-state index in [1.54, 1.807) is 31.2 Å². The average Bonchev–Trinajstić information content (AvgIpc) is 2.58. The molecule has 1 amide bonds. The second kappa shape index (κ2) is 8.69. The van der Waals surface area contributed by atoms with E-state index in [0.29, 0.717) is 16.5 Å². The van der Waals surface area contributed by atoms with Gasteiger partial charge >= 0.3 is 5.97 Å². The fourth-order valence-electron chi connectivity index (χ4n) is 1.82. The van der Waals surface area contributed by atoms with Gasteiger partial charge in [0.05, 0.1) is 15.7 Å². The highest BCUT2D eigenvalue weighted by atomic mass is 35.5. The number of carbonyl (C=O) groups excluding carboxylic acids is 2.